The van der Waals surface area contributed by atoms with E-state index in [4.69, 9.17) is 0 Å². The Hall–Kier alpha value is -0.300. The molecule has 0 aromatic carbocycles. The third-order valence-corrected chi connectivity index (χ3v) is 12.4. The molecule has 1 heteroatoms. The predicted octanol–water partition coefficient (Wildman–Crippen LogP) is 8.41. The first kappa shape index (κ1) is 23.8. The van der Waals surface area contributed by atoms with Crippen molar-refractivity contribution in [3.8, 4) is 0 Å². The average molecular weight is 429 g/mol. The van der Waals surface area contributed by atoms with Gasteiger partial charge in [-0.3, -0.25) is 0 Å². The first-order valence-corrected chi connectivity index (χ1v) is 13.6. The Bertz CT molecular complexity index is 731. The summed E-state index contributed by atoms with van der Waals surface area (Å²) in [4.78, 5) is 0. The van der Waals surface area contributed by atoms with E-state index in [1.165, 1.54) is 51.4 Å². The van der Waals surface area contributed by atoms with Gasteiger partial charge in [0.1, 0.15) is 0 Å². The Labute approximate surface area is 193 Å². The molecule has 0 aliphatic heterocycles. The number of aliphatic hydroxyl groups is 1. The van der Waals surface area contributed by atoms with Crippen LogP contribution in [0.5, 0.6) is 0 Å². The van der Waals surface area contributed by atoms with Crippen molar-refractivity contribution in [2.45, 2.75) is 126 Å². The van der Waals surface area contributed by atoms with Crippen molar-refractivity contribution in [1.82, 2.24) is 0 Å². The van der Waals surface area contributed by atoms with Gasteiger partial charge < -0.3 is 5.11 Å². The lowest BCUT2D eigenvalue weighted by Gasteiger charge is -2.70. The normalized spacial score (nSPS) is 49.5. The first-order valence-electron chi connectivity index (χ1n) is 13.6. The fourth-order valence-corrected chi connectivity index (χ4v) is 9.60. The van der Waals surface area contributed by atoms with Crippen LogP contribution in [-0.4, -0.2) is 11.2 Å². The van der Waals surface area contributed by atoms with Crippen molar-refractivity contribution in [2.24, 2.45) is 50.7 Å². The number of rotatable bonds is 3. The van der Waals surface area contributed by atoms with E-state index in [9.17, 15) is 5.11 Å². The lowest BCUT2D eigenvalue weighted by atomic mass is 9.35. The Balaban J connectivity index is 1.75. The standard InChI is InChI=1S/C30H52O/c1-10-26(3,4)19-21-20(2)13-17-29(8)22(21)11-12-24-28(7)16-15-25(31)27(5,6)23(28)14-18-30(24,29)9/h11,20-21,23-25,31H,10,12-19H2,1-9H3/t20-,21-,23-,24+,25-,28-,29+,30+/m0/s1. The summed E-state index contributed by atoms with van der Waals surface area (Å²) in [6.45, 7) is 22.6. The number of aliphatic hydroxyl groups excluding tert-OH is 1. The van der Waals surface area contributed by atoms with Crippen LogP contribution in [0, 0.1) is 50.7 Å². The van der Waals surface area contributed by atoms with Crippen molar-refractivity contribution < 1.29 is 5.11 Å². The fourth-order valence-electron chi connectivity index (χ4n) is 9.60. The zero-order valence-corrected chi connectivity index (χ0v) is 22.3. The minimum Gasteiger partial charge on any atom is -0.393 e. The maximum Gasteiger partial charge on any atom is 0.0594 e. The van der Waals surface area contributed by atoms with Crippen molar-refractivity contribution in [1.29, 1.82) is 0 Å². The molecular formula is C30H52O. The minimum atomic E-state index is -0.128. The predicted molar refractivity (Wildman–Crippen MR) is 133 cm³/mol. The molecule has 0 saturated heterocycles. The summed E-state index contributed by atoms with van der Waals surface area (Å²) in [6.07, 6.45) is 14.2. The summed E-state index contributed by atoms with van der Waals surface area (Å²) in [6, 6.07) is 0. The molecule has 1 N–H and O–H groups in total. The Kier molecular flexibility index (Phi) is 5.65. The van der Waals surface area contributed by atoms with Gasteiger partial charge in [-0.25, -0.2) is 0 Å². The van der Waals surface area contributed by atoms with E-state index >= 15 is 0 Å². The lowest BCUT2D eigenvalue weighted by molar-refractivity contribution is -0.199. The molecule has 0 unspecified atom stereocenters. The molecule has 178 valence electrons. The molecule has 4 rings (SSSR count). The van der Waals surface area contributed by atoms with E-state index in [0.29, 0.717) is 27.6 Å². The van der Waals surface area contributed by atoms with Gasteiger partial charge >= 0.3 is 0 Å². The van der Waals surface area contributed by atoms with Crippen LogP contribution < -0.4 is 0 Å². The van der Waals surface area contributed by atoms with Gasteiger partial charge in [0, 0.05) is 0 Å². The summed E-state index contributed by atoms with van der Waals surface area (Å²) in [5.41, 5.74) is 3.45. The SMILES string of the molecule is CCC(C)(C)C[C@@H]1C2=CC[C@@H]3[C@@]4(C)CC[C@H](O)C(C)(C)[C@@H]4CC[C@@]3(C)[C@]2(C)CC[C@@H]1C. The molecule has 8 atom stereocenters. The molecule has 31 heavy (non-hydrogen) atoms. The average Bonchev–Trinajstić information content (AvgIpc) is 2.68. The third-order valence-electron chi connectivity index (χ3n) is 12.4. The van der Waals surface area contributed by atoms with E-state index in [1.54, 1.807) is 0 Å². The monoisotopic (exact) mass is 428 g/mol. The minimum absolute atomic E-state index is 0.0496. The molecule has 0 radical (unpaired) electrons. The van der Waals surface area contributed by atoms with Gasteiger partial charge in [0.25, 0.3) is 0 Å². The largest absolute Gasteiger partial charge is 0.393 e. The second kappa shape index (κ2) is 7.35. The second-order valence-corrected chi connectivity index (χ2v) is 14.5. The topological polar surface area (TPSA) is 20.2 Å². The van der Waals surface area contributed by atoms with Crippen LogP contribution in [0.15, 0.2) is 11.6 Å². The Morgan fingerprint density at radius 1 is 0.968 bits per heavy atom. The Morgan fingerprint density at radius 2 is 1.65 bits per heavy atom. The summed E-state index contributed by atoms with van der Waals surface area (Å²) in [5, 5.41) is 10.9. The smallest absolute Gasteiger partial charge is 0.0594 e. The highest BCUT2D eigenvalue weighted by atomic mass is 16.3. The molecule has 0 heterocycles. The molecule has 3 saturated carbocycles. The Morgan fingerprint density at radius 3 is 2.29 bits per heavy atom. The zero-order valence-electron chi connectivity index (χ0n) is 22.3. The van der Waals surface area contributed by atoms with Crippen LogP contribution in [0.3, 0.4) is 0 Å². The van der Waals surface area contributed by atoms with Crippen LogP contribution in [0.1, 0.15) is 120 Å². The second-order valence-electron chi connectivity index (χ2n) is 14.5. The van der Waals surface area contributed by atoms with E-state index in [2.05, 4.69) is 68.4 Å². The lowest BCUT2D eigenvalue weighted by Crippen LogP contribution is -2.63. The van der Waals surface area contributed by atoms with Crippen LogP contribution in [0.4, 0.5) is 0 Å². The number of hydrogen-bond donors (Lipinski definition) is 1. The molecule has 0 amide bonds. The van der Waals surface area contributed by atoms with Gasteiger partial charge in [0.15, 0.2) is 0 Å². The zero-order chi connectivity index (χ0) is 23.0. The van der Waals surface area contributed by atoms with Gasteiger partial charge in [-0.1, -0.05) is 80.4 Å². The van der Waals surface area contributed by atoms with Crippen LogP contribution in [0.25, 0.3) is 0 Å². The summed E-state index contributed by atoms with van der Waals surface area (Å²) in [5.74, 6) is 2.99. The van der Waals surface area contributed by atoms with Crippen LogP contribution in [-0.2, 0) is 0 Å². The first-order chi connectivity index (χ1) is 14.2. The van der Waals surface area contributed by atoms with Gasteiger partial charge in [-0.15, -0.1) is 0 Å². The van der Waals surface area contributed by atoms with Crippen molar-refractivity contribution in [3.63, 3.8) is 0 Å². The van der Waals surface area contributed by atoms with Crippen LogP contribution >= 0.6 is 0 Å². The fraction of sp³-hybridized carbons (Fsp3) is 0.933. The summed E-state index contributed by atoms with van der Waals surface area (Å²) >= 11 is 0. The third kappa shape index (κ3) is 3.25. The molecule has 3 fully saturated rings. The highest BCUT2D eigenvalue weighted by Gasteiger charge is 2.66. The highest BCUT2D eigenvalue weighted by Crippen LogP contribution is 2.73. The van der Waals surface area contributed by atoms with E-state index in [-0.39, 0.29) is 11.5 Å². The van der Waals surface area contributed by atoms with Gasteiger partial charge in [-0.05, 0) is 102 Å². The maximum absolute atomic E-state index is 10.9. The highest BCUT2D eigenvalue weighted by molar-refractivity contribution is 5.31. The molecule has 4 aliphatic rings. The number of allylic oxidation sites excluding steroid dienone is 2. The summed E-state index contributed by atoms with van der Waals surface area (Å²) < 4.78 is 0. The molecule has 0 aromatic rings. The molecule has 4 aliphatic carbocycles. The van der Waals surface area contributed by atoms with E-state index in [1.807, 2.05) is 5.57 Å². The van der Waals surface area contributed by atoms with Crippen molar-refractivity contribution in [2.75, 3.05) is 0 Å². The number of fused-ring (bicyclic) bond motifs is 5. The van der Waals surface area contributed by atoms with E-state index < -0.39 is 0 Å². The quantitative estimate of drug-likeness (QED) is 0.447. The molecule has 0 bridgehead atoms. The molecule has 1 nitrogen and oxygen atoms in total. The maximum atomic E-state index is 10.9. The van der Waals surface area contributed by atoms with E-state index in [0.717, 1.165) is 24.2 Å². The van der Waals surface area contributed by atoms with Gasteiger partial charge in [-0.2, -0.15) is 0 Å². The van der Waals surface area contributed by atoms with Crippen LogP contribution in [0.2, 0.25) is 0 Å². The molecule has 0 aromatic heterocycles. The molecular weight excluding hydrogens is 376 g/mol. The molecule has 0 spiro atoms. The number of hydrogen-bond acceptors (Lipinski definition) is 1. The van der Waals surface area contributed by atoms with Crippen molar-refractivity contribution >= 4 is 0 Å². The van der Waals surface area contributed by atoms with Gasteiger partial charge in [0.2, 0.25) is 0 Å². The van der Waals surface area contributed by atoms with Crippen molar-refractivity contribution in [3.05, 3.63) is 11.6 Å². The van der Waals surface area contributed by atoms with Gasteiger partial charge in [0.05, 0.1) is 6.10 Å². The summed E-state index contributed by atoms with van der Waals surface area (Å²) in [7, 11) is 0.